The van der Waals surface area contributed by atoms with Crippen molar-refractivity contribution in [3.63, 3.8) is 0 Å². The highest BCUT2D eigenvalue weighted by atomic mass is 35.5. The van der Waals surface area contributed by atoms with Crippen LogP contribution in [-0.4, -0.2) is 44.3 Å². The highest BCUT2D eigenvalue weighted by molar-refractivity contribution is 6.31. The van der Waals surface area contributed by atoms with Crippen LogP contribution in [0.3, 0.4) is 0 Å². The molecule has 128 valence electrons. The van der Waals surface area contributed by atoms with Crippen molar-refractivity contribution in [3.8, 4) is 0 Å². The Morgan fingerprint density at radius 1 is 1.36 bits per heavy atom. The number of likely N-dealkylation sites (tertiary alicyclic amines) is 1. The summed E-state index contributed by atoms with van der Waals surface area (Å²) in [5.41, 5.74) is 2.20. The number of imidazole rings is 1. The van der Waals surface area contributed by atoms with Gasteiger partial charge in [0.25, 0.3) is 5.91 Å². The van der Waals surface area contributed by atoms with E-state index in [0.29, 0.717) is 23.1 Å². The summed E-state index contributed by atoms with van der Waals surface area (Å²) in [6.07, 6.45) is 4.91. The predicted octanol–water partition coefficient (Wildman–Crippen LogP) is 3.03. The van der Waals surface area contributed by atoms with Gasteiger partial charge in [-0.15, -0.1) is 0 Å². The molecule has 2 N–H and O–H groups in total. The van der Waals surface area contributed by atoms with Gasteiger partial charge in [0, 0.05) is 31.0 Å². The number of anilines is 1. The zero-order valence-electron chi connectivity index (χ0n) is 13.7. The lowest BCUT2D eigenvalue weighted by Gasteiger charge is -2.23. The van der Waals surface area contributed by atoms with E-state index in [0.717, 1.165) is 29.7 Å². The fraction of sp³-hybridized carbons (Fsp3) is 0.294. The number of rotatable bonds is 3. The summed E-state index contributed by atoms with van der Waals surface area (Å²) in [4.78, 5) is 30.9. The summed E-state index contributed by atoms with van der Waals surface area (Å²) < 4.78 is 0. The van der Waals surface area contributed by atoms with Gasteiger partial charge in [-0.1, -0.05) is 11.6 Å². The topological polar surface area (TPSA) is 86.8 Å². The summed E-state index contributed by atoms with van der Waals surface area (Å²) in [6, 6.07) is 5.46. The van der Waals surface area contributed by atoms with E-state index in [9.17, 15) is 4.79 Å². The monoisotopic (exact) mass is 356 g/mol. The van der Waals surface area contributed by atoms with Crippen molar-refractivity contribution >= 4 is 34.5 Å². The number of halogens is 1. The Balaban J connectivity index is 1.63. The van der Waals surface area contributed by atoms with Gasteiger partial charge in [-0.3, -0.25) is 4.79 Å². The summed E-state index contributed by atoms with van der Waals surface area (Å²) >= 11 is 6.04. The second-order valence-corrected chi connectivity index (χ2v) is 6.42. The minimum absolute atomic E-state index is 0.0800. The molecule has 0 radical (unpaired) electrons. The average Bonchev–Trinajstić information content (AvgIpc) is 3.27. The molecule has 1 aromatic carbocycles. The number of hydrogen-bond donors (Lipinski definition) is 2. The lowest BCUT2D eigenvalue weighted by Crippen LogP contribution is -2.31. The molecular formula is C17H17ClN6O. The van der Waals surface area contributed by atoms with Gasteiger partial charge in [-0.2, -0.15) is 0 Å². The molecule has 1 aliphatic heterocycles. The van der Waals surface area contributed by atoms with Crippen LogP contribution in [0.2, 0.25) is 5.02 Å². The van der Waals surface area contributed by atoms with Crippen LogP contribution in [0.4, 0.5) is 5.95 Å². The molecule has 4 rings (SSSR count). The molecule has 1 fully saturated rings. The number of carbonyl (C=O) groups excluding carboxylic acids is 1. The van der Waals surface area contributed by atoms with E-state index in [1.165, 1.54) is 0 Å². The van der Waals surface area contributed by atoms with E-state index in [4.69, 9.17) is 11.6 Å². The van der Waals surface area contributed by atoms with Crippen molar-refractivity contribution in [2.45, 2.75) is 18.9 Å². The molecule has 0 bridgehead atoms. The van der Waals surface area contributed by atoms with E-state index in [1.54, 1.807) is 19.4 Å². The number of H-pyrrole nitrogens is 1. The van der Waals surface area contributed by atoms with Crippen LogP contribution in [0.1, 0.15) is 35.1 Å². The van der Waals surface area contributed by atoms with Gasteiger partial charge in [-0.05, 0) is 31.0 Å². The van der Waals surface area contributed by atoms with Crippen molar-refractivity contribution in [1.29, 1.82) is 0 Å². The highest BCUT2D eigenvalue weighted by Crippen LogP contribution is 2.33. The van der Waals surface area contributed by atoms with Gasteiger partial charge in [0.15, 0.2) is 0 Å². The first kappa shape index (κ1) is 15.8. The molecule has 1 atom stereocenters. The summed E-state index contributed by atoms with van der Waals surface area (Å²) in [6.45, 7) is 0.690. The van der Waals surface area contributed by atoms with Gasteiger partial charge < -0.3 is 15.2 Å². The molecule has 7 nitrogen and oxygen atoms in total. The quantitative estimate of drug-likeness (QED) is 0.753. The molecule has 3 heterocycles. The fourth-order valence-corrected chi connectivity index (χ4v) is 3.36. The van der Waals surface area contributed by atoms with E-state index in [2.05, 4.69) is 25.3 Å². The molecule has 0 spiro atoms. The maximum atomic E-state index is 12.9. The van der Waals surface area contributed by atoms with E-state index < -0.39 is 0 Å². The van der Waals surface area contributed by atoms with E-state index >= 15 is 0 Å². The normalized spacial score (nSPS) is 17.2. The Morgan fingerprint density at radius 3 is 2.92 bits per heavy atom. The minimum atomic E-state index is -0.0809. The number of hydrogen-bond acceptors (Lipinski definition) is 5. The highest BCUT2D eigenvalue weighted by Gasteiger charge is 2.33. The first-order valence-corrected chi connectivity index (χ1v) is 8.49. The van der Waals surface area contributed by atoms with E-state index in [1.807, 2.05) is 23.1 Å². The predicted molar refractivity (Wildman–Crippen MR) is 95.7 cm³/mol. The van der Waals surface area contributed by atoms with Gasteiger partial charge in [-0.25, -0.2) is 15.0 Å². The molecule has 0 aliphatic carbocycles. The summed E-state index contributed by atoms with van der Waals surface area (Å²) in [5.74, 6) is 1.20. The largest absolute Gasteiger partial charge is 0.357 e. The molecule has 3 aromatic rings. The minimum Gasteiger partial charge on any atom is -0.357 e. The molecule has 0 saturated carbocycles. The number of amides is 1. The van der Waals surface area contributed by atoms with Crippen molar-refractivity contribution in [2.75, 3.05) is 18.9 Å². The maximum absolute atomic E-state index is 12.9. The molecule has 25 heavy (non-hydrogen) atoms. The fourth-order valence-electron chi connectivity index (χ4n) is 3.19. The van der Waals surface area contributed by atoms with Gasteiger partial charge in [0.05, 0.1) is 22.6 Å². The van der Waals surface area contributed by atoms with Crippen LogP contribution in [0.25, 0.3) is 11.0 Å². The second kappa shape index (κ2) is 6.33. The molecule has 8 heteroatoms. The summed E-state index contributed by atoms with van der Waals surface area (Å²) in [7, 11) is 1.74. The second-order valence-electron chi connectivity index (χ2n) is 5.99. The number of benzene rings is 1. The van der Waals surface area contributed by atoms with Gasteiger partial charge in [0.2, 0.25) is 5.95 Å². The Kier molecular flexibility index (Phi) is 4.01. The Labute approximate surface area is 149 Å². The zero-order chi connectivity index (χ0) is 17.4. The average molecular weight is 357 g/mol. The van der Waals surface area contributed by atoms with Crippen LogP contribution in [0, 0.1) is 0 Å². The Bertz CT molecular complexity index is 923. The van der Waals surface area contributed by atoms with Crippen LogP contribution < -0.4 is 5.32 Å². The van der Waals surface area contributed by atoms with E-state index in [-0.39, 0.29) is 11.9 Å². The number of nitrogens with one attached hydrogen (secondary N) is 2. The number of carbonyl (C=O) groups is 1. The van der Waals surface area contributed by atoms with Gasteiger partial charge >= 0.3 is 0 Å². The first-order chi connectivity index (χ1) is 12.2. The Morgan fingerprint density at radius 2 is 2.16 bits per heavy atom. The number of aromatic amines is 1. The number of aromatic nitrogens is 4. The van der Waals surface area contributed by atoms with Crippen molar-refractivity contribution in [3.05, 3.63) is 47.0 Å². The lowest BCUT2D eigenvalue weighted by atomic mass is 10.2. The Hall–Kier alpha value is -2.67. The zero-order valence-corrected chi connectivity index (χ0v) is 14.4. The van der Waals surface area contributed by atoms with Crippen LogP contribution in [0.15, 0.2) is 30.6 Å². The standard InChI is InChI=1S/C17H17ClN6O/c1-19-17-20-8-10(9-21-17)16(25)24-6-2-3-14(24)15-22-12-5-4-11(18)7-13(12)23-15/h4-5,7-9,14H,2-3,6H2,1H3,(H,22,23)(H,19,20,21)/t14-/m1/s1. The molecule has 1 aliphatic rings. The maximum Gasteiger partial charge on any atom is 0.257 e. The molecular weight excluding hydrogens is 340 g/mol. The van der Waals surface area contributed by atoms with Crippen LogP contribution in [0.5, 0.6) is 0 Å². The number of fused-ring (bicyclic) bond motifs is 1. The van der Waals surface area contributed by atoms with Crippen LogP contribution in [-0.2, 0) is 0 Å². The van der Waals surface area contributed by atoms with Crippen LogP contribution >= 0.6 is 11.6 Å². The smallest absolute Gasteiger partial charge is 0.257 e. The third-order valence-electron chi connectivity index (χ3n) is 4.41. The van der Waals surface area contributed by atoms with Crippen molar-refractivity contribution < 1.29 is 4.79 Å². The molecule has 1 amide bonds. The lowest BCUT2D eigenvalue weighted by molar-refractivity contribution is 0.0729. The first-order valence-electron chi connectivity index (χ1n) is 8.11. The van der Waals surface area contributed by atoms with Crippen molar-refractivity contribution in [1.82, 2.24) is 24.8 Å². The molecule has 1 saturated heterocycles. The molecule has 2 aromatic heterocycles. The molecule has 0 unspecified atom stereocenters. The number of nitrogens with zero attached hydrogens (tertiary/aromatic N) is 4. The SMILES string of the molecule is CNc1ncc(C(=O)N2CCC[C@@H]2c2nc3ccc(Cl)cc3[nH]2)cn1. The van der Waals surface area contributed by atoms with Crippen molar-refractivity contribution in [2.24, 2.45) is 0 Å². The third-order valence-corrected chi connectivity index (χ3v) is 4.65. The van der Waals surface area contributed by atoms with Gasteiger partial charge in [0.1, 0.15) is 5.82 Å². The third kappa shape index (κ3) is 2.91. The summed E-state index contributed by atoms with van der Waals surface area (Å²) in [5, 5.41) is 3.50.